The van der Waals surface area contributed by atoms with Crippen LogP contribution in [0.5, 0.6) is 0 Å². The number of aliphatic hydroxyl groups is 1. The normalized spacial score (nSPS) is 17.2. The average molecular weight is 345 g/mol. The standard InChI is InChI=1S/C13H17BrN2O4/c1-8-7-10(14)20-11(8)13(19)16-5-3-15(4-6-16)12(18)9(2)17/h7,9,17H,3-6H2,1-2H3. The highest BCUT2D eigenvalue weighted by Crippen LogP contribution is 2.21. The minimum atomic E-state index is -1.000. The Hall–Kier alpha value is -1.34. The zero-order valence-corrected chi connectivity index (χ0v) is 13.0. The number of amides is 2. The molecule has 0 aliphatic carbocycles. The van der Waals surface area contributed by atoms with Gasteiger partial charge in [0.15, 0.2) is 10.4 Å². The Balaban J connectivity index is 1.99. The van der Waals surface area contributed by atoms with Gasteiger partial charge in [-0.2, -0.15) is 0 Å². The number of rotatable bonds is 2. The van der Waals surface area contributed by atoms with Crippen LogP contribution < -0.4 is 0 Å². The molecule has 2 rings (SSSR count). The van der Waals surface area contributed by atoms with E-state index in [1.54, 1.807) is 15.9 Å². The maximum atomic E-state index is 12.3. The molecule has 0 spiro atoms. The van der Waals surface area contributed by atoms with Gasteiger partial charge in [0.25, 0.3) is 11.8 Å². The second-order valence-electron chi connectivity index (χ2n) is 4.86. The van der Waals surface area contributed by atoms with Crippen LogP contribution in [0.4, 0.5) is 0 Å². The van der Waals surface area contributed by atoms with Crippen molar-refractivity contribution in [1.29, 1.82) is 0 Å². The predicted molar refractivity (Wildman–Crippen MR) is 75.3 cm³/mol. The quantitative estimate of drug-likeness (QED) is 0.869. The van der Waals surface area contributed by atoms with Crippen molar-refractivity contribution in [3.63, 3.8) is 0 Å². The molecule has 1 saturated heterocycles. The summed E-state index contributed by atoms with van der Waals surface area (Å²) in [5.74, 6) is -0.140. The number of carbonyl (C=O) groups is 2. The first-order valence-electron chi connectivity index (χ1n) is 6.42. The van der Waals surface area contributed by atoms with Gasteiger partial charge in [0.1, 0.15) is 6.10 Å². The Morgan fingerprint density at radius 3 is 2.30 bits per heavy atom. The monoisotopic (exact) mass is 344 g/mol. The molecule has 1 N–H and O–H groups in total. The molecule has 110 valence electrons. The highest BCUT2D eigenvalue weighted by atomic mass is 79.9. The van der Waals surface area contributed by atoms with Gasteiger partial charge in [-0.25, -0.2) is 0 Å². The van der Waals surface area contributed by atoms with Gasteiger partial charge in [0, 0.05) is 31.7 Å². The fourth-order valence-corrected chi connectivity index (χ4v) is 2.70. The van der Waals surface area contributed by atoms with E-state index in [1.807, 2.05) is 6.92 Å². The molecule has 0 radical (unpaired) electrons. The van der Waals surface area contributed by atoms with E-state index >= 15 is 0 Å². The minimum Gasteiger partial charge on any atom is -0.444 e. The maximum absolute atomic E-state index is 12.3. The first-order chi connectivity index (χ1) is 9.40. The van der Waals surface area contributed by atoms with Gasteiger partial charge in [0.2, 0.25) is 0 Å². The number of halogens is 1. The summed E-state index contributed by atoms with van der Waals surface area (Å²) in [6.45, 7) is 5.00. The highest BCUT2D eigenvalue weighted by Gasteiger charge is 2.28. The van der Waals surface area contributed by atoms with E-state index < -0.39 is 6.10 Å². The molecule has 0 bridgehead atoms. The number of hydrogen-bond donors (Lipinski definition) is 1. The van der Waals surface area contributed by atoms with Crippen LogP contribution in [0.3, 0.4) is 0 Å². The van der Waals surface area contributed by atoms with Crippen LogP contribution in [0.15, 0.2) is 15.2 Å². The fourth-order valence-electron chi connectivity index (χ4n) is 2.19. The predicted octanol–water partition coefficient (Wildman–Crippen LogP) is 1.02. The van der Waals surface area contributed by atoms with Crippen molar-refractivity contribution < 1.29 is 19.1 Å². The Bertz CT molecular complexity index is 518. The molecule has 1 atom stereocenters. The summed E-state index contributed by atoms with van der Waals surface area (Å²) >= 11 is 3.20. The van der Waals surface area contributed by atoms with Crippen molar-refractivity contribution in [2.45, 2.75) is 20.0 Å². The maximum Gasteiger partial charge on any atom is 0.290 e. The fraction of sp³-hybridized carbons (Fsp3) is 0.538. The lowest BCUT2D eigenvalue weighted by molar-refractivity contribution is -0.140. The number of piperazine rings is 1. The number of hydrogen-bond acceptors (Lipinski definition) is 4. The van der Waals surface area contributed by atoms with Crippen molar-refractivity contribution in [2.24, 2.45) is 0 Å². The molecule has 0 saturated carbocycles. The van der Waals surface area contributed by atoms with Crippen molar-refractivity contribution in [2.75, 3.05) is 26.2 Å². The Labute approximate surface area is 125 Å². The summed E-state index contributed by atoms with van der Waals surface area (Å²) in [4.78, 5) is 27.2. The van der Waals surface area contributed by atoms with E-state index in [9.17, 15) is 14.7 Å². The number of aliphatic hydroxyl groups excluding tert-OH is 1. The van der Waals surface area contributed by atoms with Gasteiger partial charge < -0.3 is 19.3 Å². The Morgan fingerprint density at radius 1 is 1.30 bits per heavy atom. The summed E-state index contributed by atoms with van der Waals surface area (Å²) in [6.07, 6.45) is -1.000. The highest BCUT2D eigenvalue weighted by molar-refractivity contribution is 9.10. The van der Waals surface area contributed by atoms with Gasteiger partial charge in [-0.3, -0.25) is 9.59 Å². The van der Waals surface area contributed by atoms with Gasteiger partial charge >= 0.3 is 0 Å². The molecule has 20 heavy (non-hydrogen) atoms. The van der Waals surface area contributed by atoms with Crippen LogP contribution in [0.2, 0.25) is 0 Å². The van der Waals surface area contributed by atoms with Crippen LogP contribution in [-0.4, -0.2) is 59.0 Å². The molecule has 2 heterocycles. The molecule has 2 amide bonds. The molecule has 1 aliphatic rings. The number of aryl methyl sites for hydroxylation is 1. The van der Waals surface area contributed by atoms with E-state index in [1.165, 1.54) is 6.92 Å². The van der Waals surface area contributed by atoms with Crippen molar-refractivity contribution in [3.8, 4) is 0 Å². The average Bonchev–Trinajstić information content (AvgIpc) is 2.76. The molecule has 1 unspecified atom stereocenters. The van der Waals surface area contributed by atoms with Crippen LogP contribution in [-0.2, 0) is 4.79 Å². The number of nitrogens with zero attached hydrogens (tertiary/aromatic N) is 2. The molecule has 6 nitrogen and oxygen atoms in total. The number of furan rings is 1. The van der Waals surface area contributed by atoms with E-state index in [0.717, 1.165) is 5.56 Å². The molecule has 0 aromatic carbocycles. The molecular formula is C13H17BrN2O4. The largest absolute Gasteiger partial charge is 0.444 e. The summed E-state index contributed by atoms with van der Waals surface area (Å²) in [7, 11) is 0. The molecule has 1 aromatic heterocycles. The summed E-state index contributed by atoms with van der Waals surface area (Å²) in [5.41, 5.74) is 0.782. The zero-order valence-electron chi connectivity index (χ0n) is 11.4. The van der Waals surface area contributed by atoms with Crippen LogP contribution in [0, 0.1) is 6.92 Å². The molecule has 7 heteroatoms. The Morgan fingerprint density at radius 2 is 1.85 bits per heavy atom. The van der Waals surface area contributed by atoms with Crippen molar-refractivity contribution in [1.82, 2.24) is 9.80 Å². The third kappa shape index (κ3) is 3.04. The zero-order chi connectivity index (χ0) is 14.9. The van der Waals surface area contributed by atoms with E-state index in [-0.39, 0.29) is 11.8 Å². The third-order valence-electron chi connectivity index (χ3n) is 3.32. The molecule has 1 aliphatic heterocycles. The van der Waals surface area contributed by atoms with Gasteiger partial charge in [0.05, 0.1) is 0 Å². The summed E-state index contributed by atoms with van der Waals surface area (Å²) < 4.78 is 5.88. The van der Waals surface area contributed by atoms with Crippen LogP contribution in [0.25, 0.3) is 0 Å². The number of carbonyl (C=O) groups excluding carboxylic acids is 2. The lowest BCUT2D eigenvalue weighted by atomic mass is 10.2. The van der Waals surface area contributed by atoms with E-state index in [4.69, 9.17) is 4.42 Å². The second kappa shape index (κ2) is 5.97. The lowest BCUT2D eigenvalue weighted by Gasteiger charge is -2.35. The molecule has 1 aromatic rings. The molecule has 1 fully saturated rings. The SMILES string of the molecule is Cc1cc(Br)oc1C(=O)N1CCN(C(=O)C(C)O)CC1. The smallest absolute Gasteiger partial charge is 0.290 e. The first-order valence-corrected chi connectivity index (χ1v) is 7.21. The van der Waals surface area contributed by atoms with E-state index in [2.05, 4.69) is 15.9 Å². The summed E-state index contributed by atoms with van der Waals surface area (Å²) in [5, 5.41) is 9.27. The van der Waals surface area contributed by atoms with Gasteiger partial charge in [-0.05, 0) is 35.8 Å². The summed E-state index contributed by atoms with van der Waals surface area (Å²) in [6, 6.07) is 1.75. The second-order valence-corrected chi connectivity index (χ2v) is 5.64. The topological polar surface area (TPSA) is 74.0 Å². The minimum absolute atomic E-state index is 0.169. The lowest BCUT2D eigenvalue weighted by Crippen LogP contribution is -2.52. The van der Waals surface area contributed by atoms with Crippen LogP contribution >= 0.6 is 15.9 Å². The third-order valence-corrected chi connectivity index (χ3v) is 3.71. The van der Waals surface area contributed by atoms with Crippen LogP contribution in [0.1, 0.15) is 23.0 Å². The van der Waals surface area contributed by atoms with Crippen molar-refractivity contribution in [3.05, 3.63) is 22.1 Å². The first kappa shape index (κ1) is 15.1. The molecular weight excluding hydrogens is 328 g/mol. The Kier molecular flexibility index (Phi) is 4.49. The van der Waals surface area contributed by atoms with Gasteiger partial charge in [-0.1, -0.05) is 0 Å². The van der Waals surface area contributed by atoms with E-state index in [0.29, 0.717) is 36.6 Å². The van der Waals surface area contributed by atoms with Gasteiger partial charge in [-0.15, -0.1) is 0 Å². The van der Waals surface area contributed by atoms with Crippen molar-refractivity contribution >= 4 is 27.7 Å².